The number of nitrogens with zero attached hydrogens (tertiary/aromatic N) is 2. The molecule has 3 N–H and O–H groups in total. The molecule has 0 atom stereocenters. The second-order valence-corrected chi connectivity index (χ2v) is 7.16. The zero-order chi connectivity index (χ0) is 24.9. The van der Waals surface area contributed by atoms with Gasteiger partial charge in [-0.15, -0.1) is 0 Å². The quantitative estimate of drug-likeness (QED) is 0.347. The number of rotatable bonds is 5. The lowest BCUT2D eigenvalue weighted by Gasteiger charge is -2.14. The minimum Gasteiger partial charge on any atom is -0.492 e. The van der Waals surface area contributed by atoms with Crippen molar-refractivity contribution in [3.8, 4) is 17.6 Å². The van der Waals surface area contributed by atoms with Gasteiger partial charge in [0.1, 0.15) is 24.2 Å². The lowest BCUT2D eigenvalue weighted by Crippen LogP contribution is -2.10. The van der Waals surface area contributed by atoms with Gasteiger partial charge in [-0.2, -0.15) is 5.26 Å². The first kappa shape index (κ1) is 26.5. The van der Waals surface area contributed by atoms with Gasteiger partial charge in [0, 0.05) is 29.4 Å². The summed E-state index contributed by atoms with van der Waals surface area (Å²) in [7, 11) is 3.75. The number of fused-ring (bicyclic) bond motifs is 4. The highest BCUT2D eigenvalue weighted by atomic mass is 35.5. The number of halogens is 1. The summed E-state index contributed by atoms with van der Waals surface area (Å²) in [6, 6.07) is 13.5. The van der Waals surface area contributed by atoms with Crippen LogP contribution in [0.3, 0.4) is 0 Å². The molecule has 0 spiro atoms. The SMILES string of the molecule is C/C=C/C(=O)Nc1cc2c(NCl)c(C#N)cnc2cc1OCC.CNC.c1cc2ccc1CO2. The normalized spacial score (nSPS) is 10.8. The molecule has 1 amide bonds. The van der Waals surface area contributed by atoms with Gasteiger partial charge in [-0.05, 0) is 57.8 Å². The van der Waals surface area contributed by atoms with E-state index in [9.17, 15) is 4.79 Å². The summed E-state index contributed by atoms with van der Waals surface area (Å²) in [6.07, 6.45) is 4.48. The molecule has 0 unspecified atom stereocenters. The molecule has 5 rings (SSSR count). The molecule has 34 heavy (non-hydrogen) atoms. The number of hydrogen-bond donors (Lipinski definition) is 3. The summed E-state index contributed by atoms with van der Waals surface area (Å²) in [4.78, 5) is 18.5. The van der Waals surface area contributed by atoms with Crippen LogP contribution < -0.4 is 24.9 Å². The Bertz CT molecular complexity index is 1150. The molecular formula is C25H28ClN5O3. The average Bonchev–Trinajstić information content (AvgIpc) is 2.86. The Morgan fingerprint density at radius 3 is 2.44 bits per heavy atom. The maximum Gasteiger partial charge on any atom is 0.248 e. The number of hydrogen-bond acceptors (Lipinski definition) is 7. The zero-order valence-electron chi connectivity index (χ0n) is 19.6. The van der Waals surface area contributed by atoms with Crippen molar-refractivity contribution in [2.24, 2.45) is 0 Å². The van der Waals surface area contributed by atoms with Crippen LogP contribution in [-0.4, -0.2) is 31.6 Å². The predicted octanol–water partition coefficient (Wildman–Crippen LogP) is 5.00. The van der Waals surface area contributed by atoms with Crippen molar-refractivity contribution in [2.45, 2.75) is 20.5 Å². The van der Waals surface area contributed by atoms with Crippen molar-refractivity contribution < 1.29 is 14.3 Å². The van der Waals surface area contributed by atoms with Crippen LogP contribution in [0.25, 0.3) is 10.9 Å². The summed E-state index contributed by atoms with van der Waals surface area (Å²) in [5.74, 6) is 1.20. The number of ether oxygens (including phenoxy) is 2. The fourth-order valence-electron chi connectivity index (χ4n) is 2.95. The highest BCUT2D eigenvalue weighted by Crippen LogP contribution is 2.35. The lowest BCUT2D eigenvalue weighted by molar-refractivity contribution is -0.111. The van der Waals surface area contributed by atoms with E-state index < -0.39 is 0 Å². The van der Waals surface area contributed by atoms with Crippen LogP contribution in [-0.2, 0) is 11.4 Å². The number of aromatic nitrogens is 1. The van der Waals surface area contributed by atoms with Crippen LogP contribution in [0.5, 0.6) is 11.5 Å². The van der Waals surface area contributed by atoms with Gasteiger partial charge in [-0.25, -0.2) is 0 Å². The monoisotopic (exact) mass is 481 g/mol. The fourth-order valence-corrected chi connectivity index (χ4v) is 3.16. The molecule has 0 fully saturated rings. The molecule has 3 aromatic rings. The van der Waals surface area contributed by atoms with Gasteiger partial charge in [0.15, 0.2) is 0 Å². The van der Waals surface area contributed by atoms with Crippen LogP contribution in [0.2, 0.25) is 0 Å². The average molecular weight is 482 g/mol. The molecule has 2 aliphatic heterocycles. The van der Waals surface area contributed by atoms with Crippen molar-refractivity contribution in [3.63, 3.8) is 0 Å². The van der Waals surface area contributed by atoms with Gasteiger partial charge in [0.05, 0.1) is 29.1 Å². The molecule has 8 nitrogen and oxygen atoms in total. The van der Waals surface area contributed by atoms with Gasteiger partial charge in [-0.3, -0.25) is 14.6 Å². The maximum atomic E-state index is 11.8. The first-order chi connectivity index (χ1) is 16.5. The van der Waals surface area contributed by atoms with Gasteiger partial charge in [-0.1, -0.05) is 18.2 Å². The number of anilines is 2. The van der Waals surface area contributed by atoms with Gasteiger partial charge in [0.2, 0.25) is 5.91 Å². The molecule has 1 aromatic heterocycles. The van der Waals surface area contributed by atoms with Crippen molar-refractivity contribution in [1.29, 1.82) is 5.26 Å². The van der Waals surface area contributed by atoms with Crippen LogP contribution >= 0.6 is 11.8 Å². The number of carbonyl (C=O) groups excluding carboxylic acids is 1. The highest BCUT2D eigenvalue weighted by molar-refractivity contribution is 6.26. The first-order valence-corrected chi connectivity index (χ1v) is 11.0. The van der Waals surface area contributed by atoms with Crippen molar-refractivity contribution in [2.75, 3.05) is 30.9 Å². The van der Waals surface area contributed by atoms with E-state index >= 15 is 0 Å². The van der Waals surface area contributed by atoms with E-state index in [2.05, 4.69) is 32.6 Å². The summed E-state index contributed by atoms with van der Waals surface area (Å²) in [5, 5.41) is 15.2. The number of allylic oxidation sites excluding steroid dienone is 1. The first-order valence-electron chi connectivity index (χ1n) is 10.6. The number of benzene rings is 2. The van der Waals surface area contributed by atoms with Crippen LogP contribution in [0, 0.1) is 11.3 Å². The number of nitriles is 1. The third-order valence-electron chi connectivity index (χ3n) is 4.39. The van der Waals surface area contributed by atoms with Gasteiger partial charge >= 0.3 is 0 Å². The maximum absolute atomic E-state index is 11.8. The van der Waals surface area contributed by atoms with E-state index in [4.69, 9.17) is 26.5 Å². The molecule has 0 saturated carbocycles. The summed E-state index contributed by atoms with van der Waals surface area (Å²) < 4.78 is 10.7. The Morgan fingerprint density at radius 1 is 1.29 bits per heavy atom. The van der Waals surface area contributed by atoms with Gasteiger partial charge in [0.25, 0.3) is 0 Å². The van der Waals surface area contributed by atoms with Crippen molar-refractivity contribution >= 4 is 40.0 Å². The number of carbonyl (C=O) groups is 1. The third-order valence-corrected chi connectivity index (χ3v) is 4.58. The highest BCUT2D eigenvalue weighted by Gasteiger charge is 2.14. The molecule has 0 radical (unpaired) electrons. The molecule has 2 aromatic carbocycles. The van der Waals surface area contributed by atoms with Crippen LogP contribution in [0.1, 0.15) is 25.0 Å². The minimum atomic E-state index is -0.280. The fraction of sp³-hybridized carbons (Fsp3) is 0.240. The molecule has 9 heteroatoms. The summed E-state index contributed by atoms with van der Waals surface area (Å²) in [5.41, 5.74) is 3.08. The Labute approximate surface area is 204 Å². The van der Waals surface area contributed by atoms with Crippen LogP contribution in [0.4, 0.5) is 11.4 Å². The van der Waals surface area contributed by atoms with E-state index in [1.807, 2.05) is 39.2 Å². The standard InChI is InChI=1S/C16H15ClN4O2.C7H6O.C2H7N/c1-3-5-15(22)20-13-6-11-12(7-14(13)23-4-2)19-9-10(8-18)16(11)21-17;1-3-7-4-2-6(1)5-8-7;1-3-2/h3,5-7,9H,4H2,1-2H3,(H,19,21)(H,20,22);1-4H,5H2;3H,1-2H3/b5-3+;;. The molecule has 2 aliphatic rings. The summed E-state index contributed by atoms with van der Waals surface area (Å²) >= 11 is 5.74. The van der Waals surface area contributed by atoms with Crippen LogP contribution in [0.15, 0.2) is 54.7 Å². The molecule has 3 heterocycles. The predicted molar refractivity (Wildman–Crippen MR) is 136 cm³/mol. The van der Waals surface area contributed by atoms with Crippen molar-refractivity contribution in [1.82, 2.24) is 10.3 Å². The lowest BCUT2D eigenvalue weighted by atomic mass is 10.1. The Hall–Kier alpha value is -3.80. The molecular weight excluding hydrogens is 454 g/mol. The minimum absolute atomic E-state index is 0.280. The molecule has 0 saturated heterocycles. The van der Waals surface area contributed by atoms with E-state index in [1.165, 1.54) is 17.8 Å². The Kier molecular flexibility index (Phi) is 10.6. The Balaban J connectivity index is 0.000000302. The zero-order valence-corrected chi connectivity index (χ0v) is 20.4. The third kappa shape index (κ3) is 7.10. The van der Waals surface area contributed by atoms with Crippen molar-refractivity contribution in [3.05, 3.63) is 65.9 Å². The topological polar surface area (TPSA) is 108 Å². The largest absolute Gasteiger partial charge is 0.492 e. The van der Waals surface area contributed by atoms with Gasteiger partial charge < -0.3 is 20.1 Å². The number of amides is 1. The van der Waals surface area contributed by atoms with E-state index in [0.29, 0.717) is 40.2 Å². The van der Waals surface area contributed by atoms with E-state index in [0.717, 1.165) is 12.4 Å². The molecule has 178 valence electrons. The Morgan fingerprint density at radius 2 is 2.00 bits per heavy atom. The number of nitrogens with one attached hydrogen (secondary N) is 3. The second-order valence-electron chi connectivity index (χ2n) is 6.97. The molecule has 0 aliphatic carbocycles. The number of pyridine rings is 1. The van der Waals surface area contributed by atoms with E-state index in [-0.39, 0.29) is 5.91 Å². The molecule has 2 bridgehead atoms. The summed E-state index contributed by atoms with van der Waals surface area (Å²) in [6.45, 7) is 4.80. The second kappa shape index (κ2) is 13.7. The van der Waals surface area contributed by atoms with E-state index in [1.54, 1.807) is 25.1 Å². The smallest absolute Gasteiger partial charge is 0.248 e.